The Morgan fingerprint density at radius 3 is 1.42 bits per heavy atom. The lowest BCUT2D eigenvalue weighted by Gasteiger charge is -2.08. The van der Waals surface area contributed by atoms with Crippen molar-refractivity contribution < 1.29 is 47.9 Å². The zero-order chi connectivity index (χ0) is 37.3. The lowest BCUT2D eigenvalue weighted by molar-refractivity contribution is 0.150. The average molecular weight is 723 g/mol. The minimum absolute atomic E-state index is 0.0488. The van der Waals surface area contributed by atoms with Crippen LogP contribution in [0.1, 0.15) is 22.3 Å². The van der Waals surface area contributed by atoms with Crippen molar-refractivity contribution in [2.24, 2.45) is 4.99 Å². The number of hydrogen-bond donors (Lipinski definition) is 3. The molecule has 4 aromatic rings. The van der Waals surface area contributed by atoms with Crippen LogP contribution >= 0.6 is 0 Å². The minimum atomic E-state index is -0.487. The van der Waals surface area contributed by atoms with E-state index in [1.165, 1.54) is 6.08 Å². The molecule has 0 spiro atoms. The maximum atomic E-state index is 11.7. The van der Waals surface area contributed by atoms with E-state index in [0.29, 0.717) is 36.0 Å². The maximum Gasteiger partial charge on any atom is 0.411 e. The number of hydrogen-bond acceptors (Lipinski definition) is 12. The molecule has 53 heavy (non-hydrogen) atoms. The van der Waals surface area contributed by atoms with Gasteiger partial charge in [0.25, 0.3) is 6.26 Å². The number of nitriles is 1. The normalized spacial score (nSPS) is 17.0. The first-order valence-corrected chi connectivity index (χ1v) is 16.7. The number of aliphatic hydroxyl groups is 1. The quantitative estimate of drug-likeness (QED) is 0.0667. The first-order valence-electron chi connectivity index (χ1n) is 16.7. The smallest absolute Gasteiger partial charge is 0.411 e. The van der Waals surface area contributed by atoms with Crippen LogP contribution in [0.2, 0.25) is 0 Å². The molecule has 0 aromatic heterocycles. The Bertz CT molecular complexity index is 1770. The summed E-state index contributed by atoms with van der Waals surface area (Å²) in [4.78, 5) is 37.0. The first kappa shape index (κ1) is 38.2. The van der Waals surface area contributed by atoms with Gasteiger partial charge in [0.2, 0.25) is 6.08 Å². The summed E-state index contributed by atoms with van der Waals surface area (Å²) < 4.78 is 29.4. The van der Waals surface area contributed by atoms with E-state index in [2.05, 4.69) is 20.4 Å². The molecule has 4 aromatic carbocycles. The summed E-state index contributed by atoms with van der Waals surface area (Å²) in [5.41, 5.74) is 6.35. The molecule has 274 valence electrons. The summed E-state index contributed by atoms with van der Waals surface area (Å²) in [5.74, 6) is 0.530. The zero-order valence-electron chi connectivity index (χ0n) is 28.6. The summed E-state index contributed by atoms with van der Waals surface area (Å²) in [5, 5.41) is 21.8. The Morgan fingerprint density at radius 2 is 1.08 bits per heavy atom. The molecule has 0 saturated carbocycles. The molecule has 14 heteroatoms. The molecule has 7 rings (SSSR count). The molecule has 3 N–H and O–H groups in total. The van der Waals surface area contributed by atoms with E-state index in [-0.39, 0.29) is 38.1 Å². The third-order valence-corrected chi connectivity index (χ3v) is 7.63. The topological polar surface area (TPSA) is 197 Å². The van der Waals surface area contributed by atoms with Crippen molar-refractivity contribution in [2.45, 2.75) is 31.2 Å². The van der Waals surface area contributed by atoms with Crippen LogP contribution in [0.25, 0.3) is 0 Å². The van der Waals surface area contributed by atoms with Gasteiger partial charge in [-0.15, -0.1) is 5.26 Å². The summed E-state index contributed by atoms with van der Waals surface area (Å²) in [6, 6.07) is 29.8. The highest BCUT2D eigenvalue weighted by atomic mass is 16.6. The number of isocyanates is 1. The fraction of sp³-hybridized carbons (Fsp3) is 0.282. The monoisotopic (exact) mass is 722 g/mol. The van der Waals surface area contributed by atoms with E-state index in [9.17, 15) is 14.4 Å². The predicted octanol–water partition coefficient (Wildman–Crippen LogP) is 5.65. The molecule has 0 aliphatic carbocycles. The second-order valence-corrected chi connectivity index (χ2v) is 11.9. The number of carbonyl (C=O) groups excluding carboxylic acids is 3. The van der Waals surface area contributed by atoms with E-state index in [1.54, 1.807) is 30.5 Å². The highest BCUT2D eigenvalue weighted by Gasteiger charge is 2.25. The highest BCUT2D eigenvalue weighted by molar-refractivity contribution is 5.85. The van der Waals surface area contributed by atoms with Crippen LogP contribution in [0.3, 0.4) is 0 Å². The Morgan fingerprint density at radius 1 is 0.679 bits per heavy atom. The summed E-state index contributed by atoms with van der Waals surface area (Å²) in [6.45, 7) is 2.82. The van der Waals surface area contributed by atoms with Crippen LogP contribution in [-0.4, -0.2) is 81.3 Å². The fourth-order valence-electron chi connectivity index (χ4n) is 4.50. The molecule has 2 amide bonds. The van der Waals surface area contributed by atoms with Gasteiger partial charge in [0.15, 0.2) is 0 Å². The number of nitrogens with zero attached hydrogens (tertiary/aromatic N) is 2. The number of epoxide rings is 3. The fourth-order valence-corrected chi connectivity index (χ4v) is 4.50. The lowest BCUT2D eigenvalue weighted by Crippen LogP contribution is -2.16. The maximum absolute atomic E-state index is 11.7. The number of carbonyl (C=O) groups is 2. The minimum Gasteiger partial charge on any atom is -0.446 e. The van der Waals surface area contributed by atoms with Crippen molar-refractivity contribution in [1.82, 2.24) is 0 Å². The van der Waals surface area contributed by atoms with Crippen molar-refractivity contribution in [3.63, 3.8) is 0 Å². The summed E-state index contributed by atoms with van der Waals surface area (Å²) in [7, 11) is 0. The number of nitrogens with one attached hydrogen (secondary N) is 2. The van der Waals surface area contributed by atoms with Gasteiger partial charge in [-0.25, -0.2) is 14.4 Å². The molecule has 0 radical (unpaired) electrons. The SMILES string of the molecule is N#COc1ccc(Cc2ccc(N=C=O)cc2)cc1.O=C(Nc1ccc(Cc2ccc(NC(=O)OCC3CO3)cc2)cc1)OCC1CO1.OCC1CO1. The van der Waals surface area contributed by atoms with Crippen molar-refractivity contribution in [3.05, 3.63) is 119 Å². The van der Waals surface area contributed by atoms with E-state index in [4.69, 9.17) is 34.1 Å². The molecule has 14 nitrogen and oxygen atoms in total. The third kappa shape index (κ3) is 15.0. The van der Waals surface area contributed by atoms with Crippen LogP contribution in [-0.2, 0) is 41.3 Å². The molecule has 3 unspecified atom stereocenters. The lowest BCUT2D eigenvalue weighted by atomic mass is 10.0. The van der Waals surface area contributed by atoms with Crippen molar-refractivity contribution >= 4 is 35.3 Å². The Kier molecular flexibility index (Phi) is 14.5. The van der Waals surface area contributed by atoms with Gasteiger partial charge in [0.1, 0.15) is 37.3 Å². The average Bonchev–Trinajstić information content (AvgIpc) is 4.02. The number of amides is 2. The van der Waals surface area contributed by atoms with Crippen LogP contribution in [0, 0.1) is 11.5 Å². The predicted molar refractivity (Wildman–Crippen MR) is 192 cm³/mol. The number of anilines is 2. The van der Waals surface area contributed by atoms with Crippen LogP contribution in [0.4, 0.5) is 26.7 Å². The third-order valence-electron chi connectivity index (χ3n) is 7.63. The molecular weight excluding hydrogens is 684 g/mol. The summed E-state index contributed by atoms with van der Waals surface area (Å²) >= 11 is 0. The van der Waals surface area contributed by atoms with Gasteiger partial charge in [0, 0.05) is 11.4 Å². The largest absolute Gasteiger partial charge is 0.446 e. The molecule has 0 bridgehead atoms. The van der Waals surface area contributed by atoms with Crippen molar-refractivity contribution in [3.8, 4) is 12.0 Å². The molecule has 3 aliphatic rings. The second-order valence-electron chi connectivity index (χ2n) is 11.9. The van der Waals surface area contributed by atoms with Crippen LogP contribution < -0.4 is 15.4 Å². The Balaban J connectivity index is 0.000000192. The van der Waals surface area contributed by atoms with E-state index in [0.717, 1.165) is 41.7 Å². The number of aliphatic hydroxyl groups excluding tert-OH is 1. The van der Waals surface area contributed by atoms with Gasteiger partial charge in [-0.2, -0.15) is 4.99 Å². The van der Waals surface area contributed by atoms with Crippen molar-refractivity contribution in [2.75, 3.05) is 50.3 Å². The van der Waals surface area contributed by atoms with Gasteiger partial charge < -0.3 is 33.5 Å². The summed E-state index contributed by atoms with van der Waals surface area (Å²) in [6.07, 6.45) is 3.94. The van der Waals surface area contributed by atoms with Crippen LogP contribution in [0.15, 0.2) is 102 Å². The number of rotatable bonds is 13. The second kappa shape index (κ2) is 20.1. The van der Waals surface area contributed by atoms with Crippen molar-refractivity contribution in [1.29, 1.82) is 5.26 Å². The molecule has 3 saturated heterocycles. The first-order chi connectivity index (χ1) is 25.9. The molecule has 3 fully saturated rings. The van der Waals surface area contributed by atoms with Gasteiger partial charge in [-0.1, -0.05) is 48.5 Å². The van der Waals surface area contributed by atoms with Gasteiger partial charge in [-0.05, 0) is 83.6 Å². The van der Waals surface area contributed by atoms with Gasteiger partial charge in [-0.3, -0.25) is 10.6 Å². The van der Waals surface area contributed by atoms with Gasteiger partial charge >= 0.3 is 12.2 Å². The molecular formula is C39H38N4O10. The van der Waals surface area contributed by atoms with E-state index < -0.39 is 12.2 Å². The number of aliphatic imine (C=N–C) groups is 1. The van der Waals surface area contributed by atoms with E-state index in [1.807, 2.05) is 72.8 Å². The highest BCUT2D eigenvalue weighted by Crippen LogP contribution is 2.19. The van der Waals surface area contributed by atoms with Crippen LogP contribution in [0.5, 0.6) is 5.75 Å². The standard InChI is InChI=1S/C21H22N2O6.C15H10N2O2.C3H6O2/c24-20(28-12-18-10-26-18)22-16-5-1-14(2-6-16)9-15-3-7-17(8-4-15)23-21(25)29-13-19-11-27-19;16-10-19-15-7-3-13(4-8-15)9-12-1-5-14(6-2-12)17-11-18;4-1-3-2-5-3/h1-8,18-19H,9-13H2,(H,22,24)(H,23,25);1-8H,9H2;3-4H,1-2H2. The van der Waals surface area contributed by atoms with E-state index >= 15 is 0 Å². The number of benzene rings is 4. The van der Waals surface area contributed by atoms with Gasteiger partial charge in [0.05, 0.1) is 32.1 Å². The Hall–Kier alpha value is -6.07. The molecule has 3 aliphatic heterocycles. The molecule has 3 atom stereocenters. The Labute approximate surface area is 305 Å². The number of ether oxygens (including phenoxy) is 6. The zero-order valence-corrected chi connectivity index (χ0v) is 28.6. The molecule has 3 heterocycles.